The number of pyridine rings is 1. The van der Waals surface area contributed by atoms with Crippen molar-refractivity contribution in [3.05, 3.63) is 68.6 Å². The number of morpholine rings is 1. The van der Waals surface area contributed by atoms with E-state index in [1.165, 1.54) is 34.0 Å². The number of benzene rings is 1. The Morgan fingerprint density at radius 1 is 1.27 bits per heavy atom. The third-order valence-electron chi connectivity index (χ3n) is 7.33. The Kier molecular flexibility index (Phi) is 7.99. The molecule has 2 aliphatic rings. The molecule has 2 aliphatic heterocycles. The number of halogens is 3. The molecule has 4 heterocycles. The lowest BCUT2D eigenvalue weighted by Gasteiger charge is -2.46. The summed E-state index contributed by atoms with van der Waals surface area (Å²) in [6.07, 6.45) is 3.02. The molecule has 1 fully saturated rings. The minimum absolute atomic E-state index is 0.0151. The largest absolute Gasteiger partial charge is 0.503 e. The van der Waals surface area contributed by atoms with Gasteiger partial charge >= 0.3 is 0 Å². The molecule has 212 valence electrons. The van der Waals surface area contributed by atoms with E-state index >= 15 is 0 Å². The standard InChI is InChI=1S/C27H27F2IN4O5S/c1-15(11-30)33-14-27(2,26(38)32-5-7-39-8-6-32)34-13-19(22(35)23(36)21(34)25(33)37)24-31-12-18(40-24)9-16-3-4-17(28)10-20(16)29/h3-4,10,12-13,15,36H,5-9,11,14H2,1-2H3. The van der Waals surface area contributed by atoms with E-state index < -0.39 is 34.3 Å². The summed E-state index contributed by atoms with van der Waals surface area (Å²) < 4.78 is 34.9. The number of amides is 2. The van der Waals surface area contributed by atoms with Crippen molar-refractivity contribution in [2.45, 2.75) is 31.8 Å². The highest BCUT2D eigenvalue weighted by atomic mass is 127. The Hall–Kier alpha value is -2.91. The van der Waals surface area contributed by atoms with Crippen LogP contribution in [-0.4, -0.2) is 79.6 Å². The number of aromatic hydroxyl groups is 1. The maximum atomic E-state index is 14.2. The normalized spacial score (nSPS) is 20.0. The van der Waals surface area contributed by atoms with Gasteiger partial charge in [-0.15, -0.1) is 11.3 Å². The number of hydrogen-bond acceptors (Lipinski definition) is 7. The van der Waals surface area contributed by atoms with Crippen LogP contribution in [0, 0.1) is 11.6 Å². The quantitative estimate of drug-likeness (QED) is 0.316. The minimum Gasteiger partial charge on any atom is -0.503 e. The van der Waals surface area contributed by atoms with Gasteiger partial charge in [0.15, 0.2) is 11.4 Å². The van der Waals surface area contributed by atoms with Crippen LogP contribution >= 0.6 is 33.9 Å². The van der Waals surface area contributed by atoms with Gasteiger partial charge in [0.2, 0.25) is 5.43 Å². The summed E-state index contributed by atoms with van der Waals surface area (Å²) in [6, 6.07) is 3.07. The van der Waals surface area contributed by atoms with Crippen LogP contribution in [-0.2, 0) is 21.5 Å². The van der Waals surface area contributed by atoms with E-state index in [1.54, 1.807) is 11.8 Å². The van der Waals surface area contributed by atoms with Crippen molar-refractivity contribution in [1.82, 2.24) is 19.4 Å². The molecule has 2 atom stereocenters. The molecule has 5 rings (SSSR count). The Balaban J connectivity index is 1.60. The molecule has 1 N–H and O–H groups in total. The zero-order valence-electron chi connectivity index (χ0n) is 21.8. The van der Waals surface area contributed by atoms with Crippen molar-refractivity contribution in [2.24, 2.45) is 0 Å². The van der Waals surface area contributed by atoms with Crippen LogP contribution in [0.3, 0.4) is 0 Å². The first kappa shape index (κ1) is 28.6. The van der Waals surface area contributed by atoms with E-state index in [0.29, 0.717) is 35.6 Å². The van der Waals surface area contributed by atoms with Crippen LogP contribution in [0.25, 0.3) is 10.6 Å². The van der Waals surface area contributed by atoms with Crippen LogP contribution in [0.15, 0.2) is 35.4 Å². The number of ether oxygens (including phenoxy) is 1. The second kappa shape index (κ2) is 11.2. The second-order valence-electron chi connectivity index (χ2n) is 10.1. The van der Waals surface area contributed by atoms with Crippen LogP contribution in [0.4, 0.5) is 8.78 Å². The van der Waals surface area contributed by atoms with E-state index in [-0.39, 0.29) is 46.7 Å². The summed E-state index contributed by atoms with van der Waals surface area (Å²) >= 11 is 3.26. The molecule has 13 heteroatoms. The average Bonchev–Trinajstić information content (AvgIpc) is 3.41. The maximum absolute atomic E-state index is 14.2. The van der Waals surface area contributed by atoms with Crippen LogP contribution in [0.2, 0.25) is 0 Å². The Bertz CT molecular complexity index is 1540. The van der Waals surface area contributed by atoms with Crippen molar-refractivity contribution in [3.8, 4) is 16.3 Å². The van der Waals surface area contributed by atoms with Crippen molar-refractivity contribution >= 4 is 45.7 Å². The summed E-state index contributed by atoms with van der Waals surface area (Å²) in [4.78, 5) is 49.1. The van der Waals surface area contributed by atoms with Crippen LogP contribution < -0.4 is 5.43 Å². The predicted octanol–water partition coefficient (Wildman–Crippen LogP) is 3.40. The number of nitrogens with zero attached hydrogens (tertiary/aromatic N) is 4. The molecule has 2 unspecified atom stereocenters. The fraction of sp³-hybridized carbons (Fsp3) is 0.407. The van der Waals surface area contributed by atoms with E-state index in [0.717, 1.165) is 17.4 Å². The highest BCUT2D eigenvalue weighted by Gasteiger charge is 2.49. The van der Waals surface area contributed by atoms with Gasteiger partial charge in [0.1, 0.15) is 22.2 Å². The van der Waals surface area contributed by atoms with E-state index in [9.17, 15) is 28.3 Å². The van der Waals surface area contributed by atoms with Gasteiger partial charge in [0, 0.05) is 53.3 Å². The number of fused-ring (bicyclic) bond motifs is 1. The smallest absolute Gasteiger partial charge is 0.274 e. The monoisotopic (exact) mass is 684 g/mol. The first-order valence-corrected chi connectivity index (χ1v) is 15.0. The van der Waals surface area contributed by atoms with Gasteiger partial charge in [-0.05, 0) is 25.5 Å². The Labute approximate surface area is 246 Å². The van der Waals surface area contributed by atoms with Crippen molar-refractivity contribution in [1.29, 1.82) is 0 Å². The zero-order valence-corrected chi connectivity index (χ0v) is 24.8. The Morgan fingerprint density at radius 2 is 2.00 bits per heavy atom. The third kappa shape index (κ3) is 5.02. The molecule has 1 saturated heterocycles. The summed E-state index contributed by atoms with van der Waals surface area (Å²) in [5.74, 6) is -2.92. The summed E-state index contributed by atoms with van der Waals surface area (Å²) in [7, 11) is 0. The molecule has 3 aromatic rings. The highest BCUT2D eigenvalue weighted by molar-refractivity contribution is 14.1. The number of aromatic nitrogens is 2. The number of carbonyl (C=O) groups excluding carboxylic acids is 2. The molecular formula is C27H27F2IN4O5S. The fourth-order valence-corrected chi connectivity index (χ4v) is 6.46. The van der Waals surface area contributed by atoms with Crippen LogP contribution in [0.1, 0.15) is 34.8 Å². The number of thiazole rings is 1. The number of carbonyl (C=O) groups is 2. The van der Waals surface area contributed by atoms with Gasteiger partial charge in [-0.3, -0.25) is 14.4 Å². The van der Waals surface area contributed by atoms with Gasteiger partial charge in [-0.2, -0.15) is 0 Å². The number of hydrogen-bond donors (Lipinski definition) is 1. The summed E-state index contributed by atoms with van der Waals surface area (Å²) in [6.45, 7) is 5.14. The first-order chi connectivity index (χ1) is 19.0. The lowest BCUT2D eigenvalue weighted by Crippen LogP contribution is -2.63. The highest BCUT2D eigenvalue weighted by Crippen LogP contribution is 2.36. The van der Waals surface area contributed by atoms with Crippen molar-refractivity contribution < 1.29 is 28.2 Å². The van der Waals surface area contributed by atoms with Crippen LogP contribution in [0.5, 0.6) is 5.75 Å². The Morgan fingerprint density at radius 3 is 2.67 bits per heavy atom. The molecular weight excluding hydrogens is 657 g/mol. The van der Waals surface area contributed by atoms with E-state index in [2.05, 4.69) is 27.6 Å². The molecule has 0 aliphatic carbocycles. The van der Waals surface area contributed by atoms with E-state index in [4.69, 9.17) is 4.74 Å². The summed E-state index contributed by atoms with van der Waals surface area (Å²) in [5, 5.41) is 11.4. The van der Waals surface area contributed by atoms with Gasteiger partial charge in [-0.1, -0.05) is 28.7 Å². The maximum Gasteiger partial charge on any atom is 0.274 e. The predicted molar refractivity (Wildman–Crippen MR) is 153 cm³/mol. The minimum atomic E-state index is -1.32. The molecule has 0 saturated carbocycles. The van der Waals surface area contributed by atoms with Crippen molar-refractivity contribution in [2.75, 3.05) is 37.3 Å². The molecule has 40 heavy (non-hydrogen) atoms. The zero-order chi connectivity index (χ0) is 28.8. The fourth-order valence-electron chi connectivity index (χ4n) is 5.05. The summed E-state index contributed by atoms with van der Waals surface area (Å²) in [5.41, 5.74) is -2.08. The van der Waals surface area contributed by atoms with E-state index in [1.807, 2.05) is 6.92 Å². The molecule has 9 nitrogen and oxygen atoms in total. The molecule has 1 aromatic carbocycles. The first-order valence-electron chi connectivity index (χ1n) is 12.7. The van der Waals surface area contributed by atoms with Gasteiger partial charge in [-0.25, -0.2) is 13.8 Å². The molecule has 2 aromatic heterocycles. The third-order valence-corrected chi connectivity index (χ3v) is 9.64. The molecule has 0 bridgehead atoms. The topological polar surface area (TPSA) is 105 Å². The lowest BCUT2D eigenvalue weighted by molar-refractivity contribution is -0.145. The van der Waals surface area contributed by atoms with Gasteiger partial charge in [0.05, 0.1) is 25.3 Å². The van der Waals surface area contributed by atoms with Crippen molar-refractivity contribution in [3.63, 3.8) is 0 Å². The number of alkyl halides is 1. The van der Waals surface area contributed by atoms with Gasteiger partial charge in [0.25, 0.3) is 11.8 Å². The molecule has 0 spiro atoms. The average molecular weight is 685 g/mol. The second-order valence-corrected chi connectivity index (χ2v) is 12.1. The number of rotatable bonds is 6. The SMILES string of the molecule is CC(CI)N1CC(C)(C(=O)N2CCOCC2)n2cc(-c3ncc(Cc4ccc(F)cc4F)s3)c(=O)c(O)c2C1=O. The lowest BCUT2D eigenvalue weighted by atomic mass is 9.92. The molecule has 2 amide bonds. The molecule has 0 radical (unpaired) electrons. The van der Waals surface area contributed by atoms with Gasteiger partial charge < -0.3 is 24.2 Å².